The summed E-state index contributed by atoms with van der Waals surface area (Å²) >= 11 is 0. The number of aromatic hydroxyl groups is 1. The van der Waals surface area contributed by atoms with Crippen LogP contribution in [-0.4, -0.2) is 37.7 Å². The Bertz CT molecular complexity index is 1050. The molecule has 0 aliphatic heterocycles. The van der Waals surface area contributed by atoms with E-state index in [9.17, 15) is 14.7 Å². The predicted molar refractivity (Wildman–Crippen MR) is 101 cm³/mol. The van der Waals surface area contributed by atoms with Crippen LogP contribution < -0.4 is 10.7 Å². The molecule has 0 saturated carbocycles. The highest BCUT2D eigenvalue weighted by molar-refractivity contribution is 5.89. The van der Waals surface area contributed by atoms with Gasteiger partial charge in [-0.05, 0) is 31.2 Å². The Balaban J connectivity index is 1.66. The lowest BCUT2D eigenvalue weighted by atomic mass is 10.2. The van der Waals surface area contributed by atoms with Crippen LogP contribution in [0.5, 0.6) is 5.75 Å². The number of benzene rings is 1. The van der Waals surface area contributed by atoms with Crippen molar-refractivity contribution in [3.63, 3.8) is 0 Å². The Hall–Kier alpha value is -3.46. The summed E-state index contributed by atoms with van der Waals surface area (Å²) in [6.07, 6.45) is 1.76. The first-order valence-corrected chi connectivity index (χ1v) is 8.60. The summed E-state index contributed by atoms with van der Waals surface area (Å²) in [5.74, 6) is -0.654. The average Bonchev–Trinajstić information content (AvgIpc) is 3.17. The minimum absolute atomic E-state index is 0.255. The topological polar surface area (TPSA) is 111 Å². The number of nitrogens with zero attached hydrogens (tertiary/aromatic N) is 4. The Kier molecular flexibility index (Phi) is 5.55. The third kappa shape index (κ3) is 3.94. The summed E-state index contributed by atoms with van der Waals surface area (Å²) in [7, 11) is 3.13. The molecule has 0 atom stereocenters. The molecule has 9 heteroatoms. The van der Waals surface area contributed by atoms with E-state index < -0.39 is 11.4 Å². The van der Waals surface area contributed by atoms with E-state index in [4.69, 9.17) is 0 Å². The van der Waals surface area contributed by atoms with E-state index >= 15 is 0 Å². The first-order valence-electron chi connectivity index (χ1n) is 8.60. The number of aryl methyl sites for hydroxylation is 1. The second kappa shape index (κ2) is 8.05. The number of carbonyl (C=O) groups excluding carboxylic acids is 1. The van der Waals surface area contributed by atoms with Crippen molar-refractivity contribution < 1.29 is 14.6 Å². The van der Waals surface area contributed by atoms with Gasteiger partial charge in [-0.2, -0.15) is 0 Å². The van der Waals surface area contributed by atoms with Crippen molar-refractivity contribution >= 4 is 5.97 Å². The summed E-state index contributed by atoms with van der Waals surface area (Å²) in [6.45, 7) is 2.52. The SMILES string of the molecule is COC(=O)c1ccc(-n2cc(CNCc3c(O)c(=O)cc(C)n3C)nn2)cc1. The molecule has 2 heterocycles. The fourth-order valence-corrected chi connectivity index (χ4v) is 2.75. The number of ether oxygens (including phenoxy) is 1. The first kappa shape index (κ1) is 19.3. The van der Waals surface area contributed by atoms with Crippen molar-refractivity contribution in [2.75, 3.05) is 7.11 Å². The zero-order valence-electron chi connectivity index (χ0n) is 15.8. The largest absolute Gasteiger partial charge is 0.503 e. The first-order chi connectivity index (χ1) is 13.4. The van der Waals surface area contributed by atoms with Crippen LogP contribution >= 0.6 is 0 Å². The van der Waals surface area contributed by atoms with Gasteiger partial charge in [-0.3, -0.25) is 4.79 Å². The van der Waals surface area contributed by atoms with Gasteiger partial charge < -0.3 is 19.7 Å². The van der Waals surface area contributed by atoms with Crippen LogP contribution in [0.1, 0.15) is 27.4 Å². The molecule has 0 saturated heterocycles. The second-order valence-corrected chi connectivity index (χ2v) is 6.30. The molecule has 3 rings (SSSR count). The molecule has 1 aromatic carbocycles. The molecule has 146 valence electrons. The van der Waals surface area contributed by atoms with Gasteiger partial charge in [0.25, 0.3) is 0 Å². The smallest absolute Gasteiger partial charge is 0.337 e. The Labute approximate surface area is 161 Å². The lowest BCUT2D eigenvalue weighted by Gasteiger charge is -2.13. The Morgan fingerprint density at radius 2 is 1.96 bits per heavy atom. The van der Waals surface area contributed by atoms with Crippen LogP contribution in [0.3, 0.4) is 0 Å². The molecule has 0 radical (unpaired) electrons. The molecule has 2 N–H and O–H groups in total. The number of pyridine rings is 1. The minimum atomic E-state index is -0.399. The van der Waals surface area contributed by atoms with Gasteiger partial charge in [0.1, 0.15) is 0 Å². The molecular formula is C19H21N5O4. The molecule has 3 aromatic rings. The number of nitrogens with one attached hydrogen (secondary N) is 1. The van der Waals surface area contributed by atoms with E-state index in [0.29, 0.717) is 30.0 Å². The number of hydrogen-bond donors (Lipinski definition) is 2. The maximum Gasteiger partial charge on any atom is 0.337 e. The van der Waals surface area contributed by atoms with E-state index in [-0.39, 0.29) is 5.75 Å². The number of rotatable bonds is 6. The van der Waals surface area contributed by atoms with Gasteiger partial charge in [-0.25, -0.2) is 9.48 Å². The molecule has 9 nitrogen and oxygen atoms in total. The van der Waals surface area contributed by atoms with E-state index in [2.05, 4.69) is 20.4 Å². The van der Waals surface area contributed by atoms with Gasteiger partial charge in [0.2, 0.25) is 5.43 Å². The highest BCUT2D eigenvalue weighted by Crippen LogP contribution is 2.13. The fraction of sp³-hybridized carbons (Fsp3) is 0.263. The van der Waals surface area contributed by atoms with Gasteiger partial charge in [0, 0.05) is 31.9 Å². The van der Waals surface area contributed by atoms with E-state index in [0.717, 1.165) is 11.4 Å². The summed E-state index contributed by atoms with van der Waals surface area (Å²) in [5.41, 5.74) is 2.78. The van der Waals surface area contributed by atoms with Crippen LogP contribution in [0.4, 0.5) is 0 Å². The van der Waals surface area contributed by atoms with Crippen molar-refractivity contribution in [3.8, 4) is 11.4 Å². The van der Waals surface area contributed by atoms with Crippen molar-refractivity contribution in [1.82, 2.24) is 24.9 Å². The molecule has 2 aromatic heterocycles. The van der Waals surface area contributed by atoms with Crippen molar-refractivity contribution in [2.45, 2.75) is 20.0 Å². The molecular weight excluding hydrogens is 362 g/mol. The normalized spacial score (nSPS) is 10.8. The lowest BCUT2D eigenvalue weighted by molar-refractivity contribution is 0.0600. The van der Waals surface area contributed by atoms with Gasteiger partial charge in [-0.15, -0.1) is 5.10 Å². The molecule has 0 bridgehead atoms. The molecule has 28 heavy (non-hydrogen) atoms. The van der Waals surface area contributed by atoms with E-state index in [1.807, 2.05) is 0 Å². The molecule has 0 amide bonds. The standard InChI is InChI=1S/C19H21N5O4/c1-12-8-17(25)18(26)16(23(12)2)10-20-9-14-11-24(22-21-14)15-6-4-13(5-7-15)19(27)28-3/h4-8,11,20,26H,9-10H2,1-3H3. The third-order valence-electron chi connectivity index (χ3n) is 4.47. The van der Waals surface area contributed by atoms with Gasteiger partial charge in [0.15, 0.2) is 5.75 Å². The predicted octanol–water partition coefficient (Wildman–Crippen LogP) is 1.06. The minimum Gasteiger partial charge on any atom is -0.503 e. The van der Waals surface area contributed by atoms with Gasteiger partial charge >= 0.3 is 5.97 Å². The van der Waals surface area contributed by atoms with E-state index in [1.165, 1.54) is 13.2 Å². The summed E-state index contributed by atoms with van der Waals surface area (Å²) in [5, 5.41) is 21.3. The summed E-state index contributed by atoms with van der Waals surface area (Å²) in [6, 6.07) is 8.21. The van der Waals surface area contributed by atoms with E-state index in [1.54, 1.807) is 53.7 Å². The number of carbonyl (C=O) groups is 1. The van der Waals surface area contributed by atoms with Crippen LogP contribution in [0.15, 0.2) is 41.3 Å². The number of hydrogen-bond acceptors (Lipinski definition) is 7. The van der Waals surface area contributed by atoms with Crippen LogP contribution in [0.2, 0.25) is 0 Å². The maximum absolute atomic E-state index is 11.7. The van der Waals surface area contributed by atoms with Gasteiger partial charge in [0.05, 0.1) is 35.9 Å². The van der Waals surface area contributed by atoms with Crippen molar-refractivity contribution in [3.05, 3.63) is 69.4 Å². The van der Waals surface area contributed by atoms with Crippen LogP contribution in [-0.2, 0) is 24.9 Å². The molecule has 0 aliphatic carbocycles. The number of aromatic nitrogens is 4. The molecule has 0 spiro atoms. The quantitative estimate of drug-likeness (QED) is 0.612. The molecule has 0 unspecified atom stereocenters. The summed E-state index contributed by atoms with van der Waals surface area (Å²) in [4.78, 5) is 23.2. The van der Waals surface area contributed by atoms with Crippen molar-refractivity contribution in [2.24, 2.45) is 7.05 Å². The fourth-order valence-electron chi connectivity index (χ4n) is 2.75. The zero-order chi connectivity index (χ0) is 20.3. The molecule has 0 fully saturated rings. The lowest BCUT2D eigenvalue weighted by Crippen LogP contribution is -2.20. The summed E-state index contributed by atoms with van der Waals surface area (Å²) < 4.78 is 8.04. The van der Waals surface area contributed by atoms with Gasteiger partial charge in [-0.1, -0.05) is 5.21 Å². The van der Waals surface area contributed by atoms with Crippen LogP contribution in [0, 0.1) is 6.92 Å². The third-order valence-corrected chi connectivity index (χ3v) is 4.47. The highest BCUT2D eigenvalue weighted by Gasteiger charge is 2.11. The average molecular weight is 383 g/mol. The number of esters is 1. The Morgan fingerprint density at radius 1 is 1.25 bits per heavy atom. The highest BCUT2D eigenvalue weighted by atomic mass is 16.5. The number of methoxy groups -OCH3 is 1. The van der Waals surface area contributed by atoms with Crippen LogP contribution in [0.25, 0.3) is 5.69 Å². The van der Waals surface area contributed by atoms with Crippen molar-refractivity contribution in [1.29, 1.82) is 0 Å². The Morgan fingerprint density at radius 3 is 2.64 bits per heavy atom. The molecule has 0 aliphatic rings. The monoisotopic (exact) mass is 383 g/mol. The second-order valence-electron chi connectivity index (χ2n) is 6.30. The maximum atomic E-state index is 11.7. The zero-order valence-corrected chi connectivity index (χ0v) is 15.8.